The lowest BCUT2D eigenvalue weighted by Gasteiger charge is -2.13. The molecule has 0 aliphatic heterocycles. The second-order valence-electron chi connectivity index (χ2n) is 7.12. The Bertz CT molecular complexity index is 1550. The molecule has 0 aliphatic carbocycles. The Balaban J connectivity index is 1.93. The molecule has 5 rings (SSSR count). The van der Waals surface area contributed by atoms with E-state index in [1.165, 1.54) is 4.57 Å². The average Bonchev–Trinajstić information content (AvgIpc) is 3.34. The van der Waals surface area contributed by atoms with Crippen molar-refractivity contribution in [1.82, 2.24) is 23.5 Å². The van der Waals surface area contributed by atoms with Gasteiger partial charge in [-0.05, 0) is 24.3 Å². The second-order valence-corrected chi connectivity index (χ2v) is 7.12. The van der Waals surface area contributed by atoms with Gasteiger partial charge < -0.3 is 10.1 Å². The fourth-order valence-corrected chi connectivity index (χ4v) is 3.82. The predicted molar refractivity (Wildman–Crippen MR) is 119 cm³/mol. The normalized spacial score (nSPS) is 11.3. The van der Waals surface area contributed by atoms with E-state index in [0.717, 1.165) is 22.6 Å². The lowest BCUT2D eigenvalue weighted by atomic mass is 10.1. The molecule has 0 aliphatic rings. The first-order valence-corrected chi connectivity index (χ1v) is 9.68. The SMILES string of the molecule is CNc1ccc(-c2cn3c4c(=O)[nH]c(=O)n(C)c4nc3n2-c2ccccc2OC)cc1. The third kappa shape index (κ3) is 2.74. The number of hydrogen-bond donors (Lipinski definition) is 2. The van der Waals surface area contributed by atoms with E-state index in [-0.39, 0.29) is 0 Å². The fraction of sp³-hybridized carbons (Fsp3) is 0.136. The number of imidazole rings is 2. The number of anilines is 1. The minimum absolute atomic E-state index is 0.304. The molecule has 0 spiro atoms. The van der Waals surface area contributed by atoms with Crippen molar-refractivity contribution in [3.8, 4) is 22.7 Å². The molecule has 9 nitrogen and oxygen atoms in total. The summed E-state index contributed by atoms with van der Waals surface area (Å²) < 4.78 is 10.6. The van der Waals surface area contributed by atoms with Crippen molar-refractivity contribution in [2.75, 3.05) is 19.5 Å². The van der Waals surface area contributed by atoms with Crippen molar-refractivity contribution < 1.29 is 4.74 Å². The molecular weight excluding hydrogens is 396 g/mol. The van der Waals surface area contributed by atoms with Gasteiger partial charge in [0.1, 0.15) is 5.75 Å². The average molecular weight is 416 g/mol. The van der Waals surface area contributed by atoms with Crippen molar-refractivity contribution in [3.05, 3.63) is 75.6 Å². The number of rotatable bonds is 4. The number of H-pyrrole nitrogens is 1. The van der Waals surface area contributed by atoms with Gasteiger partial charge in [-0.15, -0.1) is 0 Å². The van der Waals surface area contributed by atoms with Crippen LogP contribution in [0.5, 0.6) is 5.75 Å². The molecule has 0 bridgehead atoms. The number of aromatic nitrogens is 5. The molecule has 3 heterocycles. The molecule has 0 amide bonds. The van der Waals surface area contributed by atoms with Crippen LogP contribution in [0.2, 0.25) is 0 Å². The number of fused-ring (bicyclic) bond motifs is 3. The van der Waals surface area contributed by atoms with Gasteiger partial charge in [0.05, 0.1) is 18.5 Å². The van der Waals surface area contributed by atoms with Gasteiger partial charge in [-0.3, -0.25) is 23.3 Å². The lowest BCUT2D eigenvalue weighted by Crippen LogP contribution is -2.28. The van der Waals surface area contributed by atoms with Crippen LogP contribution in [0.4, 0.5) is 5.69 Å². The number of nitrogens with zero attached hydrogens (tertiary/aromatic N) is 4. The molecule has 0 radical (unpaired) electrons. The highest BCUT2D eigenvalue weighted by atomic mass is 16.5. The van der Waals surface area contributed by atoms with E-state index in [1.54, 1.807) is 18.6 Å². The minimum atomic E-state index is -0.509. The van der Waals surface area contributed by atoms with E-state index in [2.05, 4.69) is 15.3 Å². The molecule has 2 N–H and O–H groups in total. The molecular formula is C22H20N6O3. The van der Waals surface area contributed by atoms with Crippen LogP contribution in [0.1, 0.15) is 0 Å². The Hall–Kier alpha value is -4.27. The summed E-state index contributed by atoms with van der Waals surface area (Å²) >= 11 is 0. The van der Waals surface area contributed by atoms with Gasteiger partial charge in [0.15, 0.2) is 11.2 Å². The predicted octanol–water partition coefficient (Wildman–Crippen LogP) is 2.38. The van der Waals surface area contributed by atoms with Crippen LogP contribution in [-0.4, -0.2) is 37.7 Å². The van der Waals surface area contributed by atoms with Crippen LogP contribution >= 0.6 is 0 Å². The van der Waals surface area contributed by atoms with E-state index in [4.69, 9.17) is 4.74 Å². The maximum atomic E-state index is 12.7. The number of nitrogens with one attached hydrogen (secondary N) is 2. The van der Waals surface area contributed by atoms with E-state index in [1.807, 2.05) is 66.3 Å². The summed E-state index contributed by atoms with van der Waals surface area (Å²) in [6.45, 7) is 0. The van der Waals surface area contributed by atoms with Gasteiger partial charge in [-0.25, -0.2) is 4.79 Å². The van der Waals surface area contributed by atoms with Crippen LogP contribution in [0.3, 0.4) is 0 Å². The molecule has 0 fully saturated rings. The Labute approximate surface area is 176 Å². The van der Waals surface area contributed by atoms with Gasteiger partial charge in [0, 0.05) is 31.5 Å². The van der Waals surface area contributed by atoms with Crippen molar-refractivity contribution in [3.63, 3.8) is 0 Å². The second kappa shape index (κ2) is 6.91. The summed E-state index contributed by atoms with van der Waals surface area (Å²) in [5, 5.41) is 3.11. The molecule has 31 heavy (non-hydrogen) atoms. The van der Waals surface area contributed by atoms with Crippen molar-refractivity contribution in [2.45, 2.75) is 0 Å². The molecule has 0 saturated heterocycles. The van der Waals surface area contributed by atoms with Crippen molar-refractivity contribution in [2.24, 2.45) is 7.05 Å². The zero-order chi connectivity index (χ0) is 21.7. The third-order valence-corrected chi connectivity index (χ3v) is 5.42. The third-order valence-electron chi connectivity index (χ3n) is 5.42. The van der Waals surface area contributed by atoms with E-state index in [0.29, 0.717) is 22.7 Å². The minimum Gasteiger partial charge on any atom is -0.495 e. The van der Waals surface area contributed by atoms with Crippen LogP contribution in [0.15, 0.2) is 64.3 Å². The molecule has 0 unspecified atom stereocenters. The summed E-state index contributed by atoms with van der Waals surface area (Å²) in [5.74, 6) is 1.16. The largest absolute Gasteiger partial charge is 0.495 e. The van der Waals surface area contributed by atoms with Crippen LogP contribution in [-0.2, 0) is 7.05 Å². The summed E-state index contributed by atoms with van der Waals surface area (Å²) in [6, 6.07) is 15.5. The quantitative estimate of drug-likeness (QED) is 0.469. The molecule has 0 atom stereocenters. The zero-order valence-electron chi connectivity index (χ0n) is 17.2. The van der Waals surface area contributed by atoms with Gasteiger partial charge in [0.2, 0.25) is 5.78 Å². The number of aryl methyl sites for hydroxylation is 1. The highest BCUT2D eigenvalue weighted by Crippen LogP contribution is 2.33. The first-order valence-electron chi connectivity index (χ1n) is 9.68. The monoisotopic (exact) mass is 416 g/mol. The number of hydrogen-bond acceptors (Lipinski definition) is 5. The molecule has 5 aromatic rings. The molecule has 2 aromatic carbocycles. The standard InChI is InChI=1S/C22H20N6O3/c1-23-14-10-8-13(9-11-14)16-12-27-18-19(26(2)22(30)25-20(18)29)24-21(27)28(16)15-6-4-5-7-17(15)31-3/h4-12,23H,1-3H3,(H,25,29,30). The Morgan fingerprint density at radius 1 is 1.06 bits per heavy atom. The summed E-state index contributed by atoms with van der Waals surface area (Å²) in [4.78, 5) is 31.8. The molecule has 3 aromatic heterocycles. The van der Waals surface area contributed by atoms with E-state index < -0.39 is 11.2 Å². The number of benzene rings is 2. The van der Waals surface area contributed by atoms with Crippen LogP contribution < -0.4 is 21.3 Å². The van der Waals surface area contributed by atoms with Crippen molar-refractivity contribution >= 4 is 22.6 Å². The highest BCUT2D eigenvalue weighted by molar-refractivity contribution is 5.80. The fourth-order valence-electron chi connectivity index (χ4n) is 3.82. The first kappa shape index (κ1) is 18.7. The molecule has 9 heteroatoms. The van der Waals surface area contributed by atoms with Crippen LogP contribution in [0.25, 0.3) is 33.9 Å². The Kier molecular flexibility index (Phi) is 4.18. The van der Waals surface area contributed by atoms with E-state index >= 15 is 0 Å². The van der Waals surface area contributed by atoms with Gasteiger partial charge >= 0.3 is 5.69 Å². The topological polar surface area (TPSA) is 98.4 Å². The molecule has 156 valence electrons. The Morgan fingerprint density at radius 2 is 1.81 bits per heavy atom. The van der Waals surface area contributed by atoms with Gasteiger partial charge in [-0.1, -0.05) is 24.3 Å². The molecule has 0 saturated carbocycles. The maximum absolute atomic E-state index is 12.7. The first-order chi connectivity index (χ1) is 15.0. The number of methoxy groups -OCH3 is 1. The van der Waals surface area contributed by atoms with Gasteiger partial charge in [0.25, 0.3) is 5.56 Å². The number of aromatic amines is 1. The number of ether oxygens (including phenoxy) is 1. The number of para-hydroxylation sites is 2. The summed E-state index contributed by atoms with van der Waals surface area (Å²) in [5.41, 5.74) is 3.13. The van der Waals surface area contributed by atoms with E-state index in [9.17, 15) is 9.59 Å². The van der Waals surface area contributed by atoms with Crippen molar-refractivity contribution in [1.29, 1.82) is 0 Å². The lowest BCUT2D eigenvalue weighted by molar-refractivity contribution is 0.413. The highest BCUT2D eigenvalue weighted by Gasteiger charge is 2.22. The van der Waals surface area contributed by atoms with Crippen LogP contribution in [0, 0.1) is 0 Å². The smallest absolute Gasteiger partial charge is 0.329 e. The van der Waals surface area contributed by atoms with Gasteiger partial charge in [-0.2, -0.15) is 4.98 Å². The zero-order valence-corrected chi connectivity index (χ0v) is 17.2. The summed E-state index contributed by atoms with van der Waals surface area (Å²) in [6.07, 6.45) is 1.85. The summed E-state index contributed by atoms with van der Waals surface area (Å²) in [7, 11) is 5.05. The maximum Gasteiger partial charge on any atom is 0.329 e. The Morgan fingerprint density at radius 3 is 2.52 bits per heavy atom.